The summed E-state index contributed by atoms with van der Waals surface area (Å²) in [5.74, 6) is -2.87. The van der Waals surface area contributed by atoms with Crippen LogP contribution in [0.15, 0.2) is 41.8 Å². The van der Waals surface area contributed by atoms with Crippen molar-refractivity contribution in [1.82, 2.24) is 10.3 Å². The summed E-state index contributed by atoms with van der Waals surface area (Å²) in [4.78, 5) is 40.2. The highest BCUT2D eigenvalue weighted by Crippen LogP contribution is 2.20. The number of rotatable bonds is 8. The first-order valence-electron chi connectivity index (χ1n) is 8.45. The fourth-order valence-electron chi connectivity index (χ4n) is 2.18. The molecule has 2 atom stereocenters. The molecule has 8 heteroatoms. The normalized spacial score (nSPS) is 12.8. The lowest BCUT2D eigenvalue weighted by Gasteiger charge is -2.12. The first-order chi connectivity index (χ1) is 13.4. The van der Waals surface area contributed by atoms with E-state index in [1.165, 1.54) is 24.3 Å². The number of amides is 1. The fraction of sp³-hybridized carbons (Fsp3) is 0.250. The van der Waals surface area contributed by atoms with Gasteiger partial charge in [-0.2, -0.15) is 5.26 Å². The van der Waals surface area contributed by atoms with Crippen LogP contribution in [0.25, 0.3) is 6.08 Å². The smallest absolute Gasteiger partial charge is 0.328 e. The Hall–Kier alpha value is -3.31. The second kappa shape index (κ2) is 10.1. The molecule has 1 heterocycles. The quantitative estimate of drug-likeness (QED) is 0.541. The number of nitrogens with one attached hydrogen (secondary N) is 1. The number of hydrogen-bond donors (Lipinski definition) is 1. The molecule has 2 rings (SSSR count). The zero-order valence-corrected chi connectivity index (χ0v) is 16.2. The number of carbonyl (C=O) groups is 3. The number of esters is 1. The zero-order chi connectivity index (χ0) is 20.5. The minimum absolute atomic E-state index is 0.369. The summed E-state index contributed by atoms with van der Waals surface area (Å²) in [7, 11) is 0. The number of thiazole rings is 1. The Morgan fingerprint density at radius 1 is 1.32 bits per heavy atom. The van der Waals surface area contributed by atoms with Gasteiger partial charge in [0.15, 0.2) is 18.3 Å². The van der Waals surface area contributed by atoms with Gasteiger partial charge in [0.05, 0.1) is 6.07 Å². The Morgan fingerprint density at radius 2 is 2.04 bits per heavy atom. The topological polar surface area (TPSA) is 109 Å². The van der Waals surface area contributed by atoms with E-state index in [0.717, 1.165) is 5.56 Å². The van der Waals surface area contributed by atoms with E-state index in [4.69, 9.17) is 4.74 Å². The van der Waals surface area contributed by atoms with E-state index in [-0.39, 0.29) is 0 Å². The van der Waals surface area contributed by atoms with Crippen molar-refractivity contribution in [1.29, 1.82) is 5.26 Å². The summed E-state index contributed by atoms with van der Waals surface area (Å²) < 4.78 is 4.94. The fourth-order valence-corrected chi connectivity index (χ4v) is 3.04. The lowest BCUT2D eigenvalue weighted by molar-refractivity contribution is -0.150. The average molecular weight is 397 g/mol. The molecule has 7 nitrogen and oxygen atoms in total. The lowest BCUT2D eigenvalue weighted by atomic mass is 10.1. The highest BCUT2D eigenvalue weighted by atomic mass is 32.1. The minimum atomic E-state index is -1.08. The molecule has 0 unspecified atom stereocenters. The minimum Gasteiger partial charge on any atom is -0.456 e. The van der Waals surface area contributed by atoms with Crippen LogP contribution < -0.4 is 5.32 Å². The standard InChI is InChI=1S/C20H19N3O4S/c1-13-12-28-19(22-13)16(10-21)17(24)11-27-20(26)14(2)23-18(25)9-8-15-6-4-3-5-7-15/h3-9,12,14,16H,11H2,1-2H3,(H,23,25)/b9-8+/t14-,16+/m0/s1. The van der Waals surface area contributed by atoms with Gasteiger partial charge in [-0.15, -0.1) is 11.3 Å². The van der Waals surface area contributed by atoms with Gasteiger partial charge in [0.1, 0.15) is 11.0 Å². The van der Waals surface area contributed by atoms with Crippen LogP contribution in [0.2, 0.25) is 0 Å². The number of nitriles is 1. The third kappa shape index (κ3) is 6.14. The molecular formula is C20H19N3O4S. The van der Waals surface area contributed by atoms with Crippen molar-refractivity contribution in [3.63, 3.8) is 0 Å². The van der Waals surface area contributed by atoms with Crippen LogP contribution in [-0.4, -0.2) is 35.3 Å². The number of aromatic nitrogens is 1. The summed E-state index contributed by atoms with van der Waals surface area (Å²) in [5, 5.41) is 13.8. The van der Waals surface area contributed by atoms with Crippen molar-refractivity contribution in [3.05, 3.63) is 58.1 Å². The van der Waals surface area contributed by atoms with E-state index in [1.54, 1.807) is 18.4 Å². The second-order valence-corrected chi connectivity index (χ2v) is 6.83. The third-order valence-corrected chi connectivity index (χ3v) is 4.66. The molecule has 1 N–H and O–H groups in total. The van der Waals surface area contributed by atoms with Crippen LogP contribution >= 0.6 is 11.3 Å². The molecule has 144 valence electrons. The monoisotopic (exact) mass is 397 g/mol. The van der Waals surface area contributed by atoms with Gasteiger partial charge in [-0.25, -0.2) is 9.78 Å². The predicted octanol–water partition coefficient (Wildman–Crippen LogP) is 2.39. The zero-order valence-electron chi connectivity index (χ0n) is 15.4. The molecule has 0 saturated heterocycles. The van der Waals surface area contributed by atoms with Crippen molar-refractivity contribution >= 4 is 35.1 Å². The van der Waals surface area contributed by atoms with Gasteiger partial charge in [0.2, 0.25) is 5.91 Å². The van der Waals surface area contributed by atoms with Gasteiger partial charge in [-0.05, 0) is 25.5 Å². The van der Waals surface area contributed by atoms with Gasteiger partial charge in [0.25, 0.3) is 0 Å². The van der Waals surface area contributed by atoms with Crippen LogP contribution in [0, 0.1) is 18.3 Å². The molecule has 0 aliphatic rings. The first kappa shape index (κ1) is 21.0. The number of ketones is 1. The number of hydrogen-bond acceptors (Lipinski definition) is 7. The van der Waals surface area contributed by atoms with Gasteiger partial charge in [0, 0.05) is 17.2 Å². The Labute approximate surface area is 166 Å². The van der Waals surface area contributed by atoms with Crippen molar-refractivity contribution in [2.24, 2.45) is 0 Å². The first-order valence-corrected chi connectivity index (χ1v) is 9.33. The van der Waals surface area contributed by atoms with Crippen molar-refractivity contribution in [2.75, 3.05) is 6.61 Å². The van der Waals surface area contributed by atoms with Gasteiger partial charge >= 0.3 is 5.97 Å². The molecular weight excluding hydrogens is 378 g/mol. The van der Waals surface area contributed by atoms with E-state index >= 15 is 0 Å². The molecule has 2 aromatic rings. The van der Waals surface area contributed by atoms with Crippen LogP contribution in [0.4, 0.5) is 0 Å². The van der Waals surface area contributed by atoms with E-state index in [9.17, 15) is 19.6 Å². The predicted molar refractivity (Wildman–Crippen MR) is 104 cm³/mol. The van der Waals surface area contributed by atoms with Crippen LogP contribution in [-0.2, 0) is 19.1 Å². The molecule has 0 radical (unpaired) electrons. The molecule has 1 aromatic carbocycles. The number of benzene rings is 1. The van der Waals surface area contributed by atoms with Crippen molar-refractivity contribution < 1.29 is 19.1 Å². The van der Waals surface area contributed by atoms with Crippen LogP contribution in [0.5, 0.6) is 0 Å². The number of nitrogens with zero attached hydrogens (tertiary/aromatic N) is 2. The molecule has 0 aliphatic carbocycles. The number of Topliss-reactive ketones (excluding diaryl/α,β-unsaturated/α-hetero) is 1. The number of aryl methyl sites for hydroxylation is 1. The van der Waals surface area contributed by atoms with Crippen molar-refractivity contribution in [3.8, 4) is 6.07 Å². The van der Waals surface area contributed by atoms with Gasteiger partial charge < -0.3 is 10.1 Å². The Morgan fingerprint density at radius 3 is 2.64 bits per heavy atom. The van der Waals surface area contributed by atoms with Crippen molar-refractivity contribution in [2.45, 2.75) is 25.8 Å². The maximum atomic E-state index is 12.2. The van der Waals surface area contributed by atoms with Crippen LogP contribution in [0.3, 0.4) is 0 Å². The number of ether oxygens (including phenoxy) is 1. The summed E-state index contributed by atoms with van der Waals surface area (Å²) in [6.45, 7) is 2.65. The molecule has 28 heavy (non-hydrogen) atoms. The molecule has 0 spiro atoms. The number of carbonyl (C=O) groups excluding carboxylic acids is 3. The summed E-state index contributed by atoms with van der Waals surface area (Å²) in [6.07, 6.45) is 2.92. The van der Waals surface area contributed by atoms with Gasteiger partial charge in [-0.1, -0.05) is 30.3 Å². The van der Waals surface area contributed by atoms with Crippen LogP contribution in [0.1, 0.15) is 29.1 Å². The van der Waals surface area contributed by atoms with E-state index < -0.39 is 36.2 Å². The third-order valence-electron chi connectivity index (χ3n) is 3.63. The molecule has 0 saturated carbocycles. The maximum absolute atomic E-state index is 12.2. The molecule has 0 bridgehead atoms. The van der Waals surface area contributed by atoms with Gasteiger partial charge in [-0.3, -0.25) is 9.59 Å². The molecule has 0 aliphatic heterocycles. The SMILES string of the molecule is Cc1csc([C@H](C#N)C(=O)COC(=O)[C@H](C)NC(=O)/C=C/c2ccccc2)n1. The summed E-state index contributed by atoms with van der Waals surface area (Å²) in [6, 6.07) is 10.2. The Kier molecular flexibility index (Phi) is 7.60. The molecule has 1 amide bonds. The Bertz CT molecular complexity index is 915. The van der Waals surface area contributed by atoms with E-state index in [2.05, 4.69) is 10.3 Å². The molecule has 1 aromatic heterocycles. The molecule has 0 fully saturated rings. The summed E-state index contributed by atoms with van der Waals surface area (Å²) in [5.41, 5.74) is 1.56. The summed E-state index contributed by atoms with van der Waals surface area (Å²) >= 11 is 1.20. The highest BCUT2D eigenvalue weighted by Gasteiger charge is 2.25. The maximum Gasteiger partial charge on any atom is 0.328 e. The Balaban J connectivity index is 1.83. The largest absolute Gasteiger partial charge is 0.456 e. The average Bonchev–Trinajstić information content (AvgIpc) is 3.11. The van der Waals surface area contributed by atoms with E-state index in [0.29, 0.717) is 10.7 Å². The lowest BCUT2D eigenvalue weighted by Crippen LogP contribution is -2.39. The highest BCUT2D eigenvalue weighted by molar-refractivity contribution is 7.09. The van der Waals surface area contributed by atoms with E-state index in [1.807, 2.05) is 36.4 Å². The second-order valence-electron chi connectivity index (χ2n) is 5.94.